The summed E-state index contributed by atoms with van der Waals surface area (Å²) in [6.07, 6.45) is -2.17. The van der Waals surface area contributed by atoms with Gasteiger partial charge in [0.1, 0.15) is 18.1 Å². The van der Waals surface area contributed by atoms with E-state index in [4.69, 9.17) is 10.5 Å². The molecular weight excluding hydrogens is 413 g/mol. The maximum atomic E-state index is 12.8. The first-order valence-electron chi connectivity index (χ1n) is 9.72. The minimum absolute atomic E-state index is 0.0951. The first kappa shape index (κ1) is 22.6. The van der Waals surface area contributed by atoms with Gasteiger partial charge in [-0.2, -0.15) is 18.3 Å². The Morgan fingerprint density at radius 2 is 2.16 bits per heavy atom. The summed E-state index contributed by atoms with van der Waals surface area (Å²) >= 11 is 0. The molecule has 0 aliphatic carbocycles. The lowest BCUT2D eigenvalue weighted by atomic mass is 10.1. The van der Waals surface area contributed by atoms with Crippen molar-refractivity contribution in [2.45, 2.75) is 25.2 Å². The van der Waals surface area contributed by atoms with Crippen LogP contribution in [0.15, 0.2) is 35.5 Å². The molecule has 3 rings (SSSR count). The van der Waals surface area contributed by atoms with Gasteiger partial charge in [-0.05, 0) is 30.7 Å². The molecule has 0 spiro atoms. The second kappa shape index (κ2) is 9.38. The summed E-state index contributed by atoms with van der Waals surface area (Å²) in [6.45, 7) is -0.313. The van der Waals surface area contributed by atoms with Crippen LogP contribution in [0.25, 0.3) is 0 Å². The number of carbonyl (C=O) groups excluding carboxylic acids is 1. The van der Waals surface area contributed by atoms with Crippen LogP contribution in [0, 0.1) is 0 Å². The average molecular weight is 438 g/mol. The number of alkyl halides is 3. The monoisotopic (exact) mass is 438 g/mol. The second-order valence-corrected chi connectivity index (χ2v) is 7.37. The zero-order chi connectivity index (χ0) is 22.6. The number of aromatic nitrogens is 2. The lowest BCUT2D eigenvalue weighted by Crippen LogP contribution is -2.42. The van der Waals surface area contributed by atoms with E-state index in [1.807, 2.05) is 6.07 Å². The van der Waals surface area contributed by atoms with E-state index in [1.54, 1.807) is 36.1 Å². The third kappa shape index (κ3) is 5.97. The number of amides is 1. The standard InChI is InChI=1S/C20H25F3N6O2/c1-25-18(19(30)27-13-6-8-29(10-13)12-20(21,22)23)16-9-15(3-4-17(16)24)31-11-14-5-7-26-28(14)2/h3-5,7,9,13H,6,8,10-12,24H2,1-2H3,(H,27,30). The summed E-state index contributed by atoms with van der Waals surface area (Å²) in [4.78, 5) is 18.1. The fourth-order valence-corrected chi connectivity index (χ4v) is 3.48. The molecule has 1 amide bonds. The van der Waals surface area contributed by atoms with E-state index in [2.05, 4.69) is 15.4 Å². The number of ether oxygens (including phenoxy) is 1. The molecule has 1 aliphatic heterocycles. The SMILES string of the molecule is CN=C(C(=O)NC1CCN(CC(F)(F)F)C1)c1cc(OCc2ccnn2C)ccc1N. The Kier molecular flexibility index (Phi) is 6.84. The Hall–Kier alpha value is -3.08. The number of hydrogen-bond acceptors (Lipinski definition) is 6. The van der Waals surface area contributed by atoms with Crippen molar-refractivity contribution < 1.29 is 22.7 Å². The second-order valence-electron chi connectivity index (χ2n) is 7.37. The van der Waals surface area contributed by atoms with Gasteiger partial charge in [-0.15, -0.1) is 0 Å². The molecule has 2 heterocycles. The number of halogens is 3. The Bertz CT molecular complexity index is 957. The van der Waals surface area contributed by atoms with Gasteiger partial charge in [0.2, 0.25) is 0 Å². The maximum absolute atomic E-state index is 12.8. The predicted octanol–water partition coefficient (Wildman–Crippen LogP) is 1.75. The van der Waals surface area contributed by atoms with Crippen LogP contribution in [-0.4, -0.2) is 65.2 Å². The van der Waals surface area contributed by atoms with Gasteiger partial charge >= 0.3 is 6.18 Å². The number of rotatable bonds is 7. The molecule has 1 aromatic carbocycles. The van der Waals surface area contributed by atoms with Crippen molar-refractivity contribution in [3.63, 3.8) is 0 Å². The van der Waals surface area contributed by atoms with E-state index >= 15 is 0 Å². The molecule has 1 unspecified atom stereocenters. The first-order chi connectivity index (χ1) is 14.7. The molecule has 3 N–H and O–H groups in total. The van der Waals surface area contributed by atoms with Gasteiger partial charge in [-0.3, -0.25) is 19.4 Å². The van der Waals surface area contributed by atoms with Crippen molar-refractivity contribution in [1.29, 1.82) is 0 Å². The Balaban J connectivity index is 1.66. The number of benzene rings is 1. The van der Waals surface area contributed by atoms with E-state index in [1.165, 1.54) is 11.9 Å². The molecule has 1 aliphatic rings. The van der Waals surface area contributed by atoms with E-state index in [-0.39, 0.29) is 25.4 Å². The number of aryl methyl sites for hydroxylation is 1. The largest absolute Gasteiger partial charge is 0.487 e. The number of nitrogens with one attached hydrogen (secondary N) is 1. The van der Waals surface area contributed by atoms with Crippen LogP contribution in [0.4, 0.5) is 18.9 Å². The predicted molar refractivity (Wildman–Crippen MR) is 110 cm³/mol. The van der Waals surface area contributed by atoms with Gasteiger partial charge in [0.05, 0.1) is 12.2 Å². The van der Waals surface area contributed by atoms with Crippen LogP contribution in [0.1, 0.15) is 17.7 Å². The van der Waals surface area contributed by atoms with Gasteiger partial charge in [0.15, 0.2) is 0 Å². The van der Waals surface area contributed by atoms with Gasteiger partial charge in [-0.25, -0.2) is 0 Å². The number of hydrogen-bond donors (Lipinski definition) is 2. The molecule has 168 valence electrons. The maximum Gasteiger partial charge on any atom is 0.401 e. The smallest absolute Gasteiger partial charge is 0.401 e. The van der Waals surface area contributed by atoms with Crippen LogP contribution >= 0.6 is 0 Å². The van der Waals surface area contributed by atoms with Crippen molar-refractivity contribution in [2.75, 3.05) is 32.4 Å². The number of carbonyl (C=O) groups is 1. The molecular formula is C20H25F3N6O2. The summed E-state index contributed by atoms with van der Waals surface area (Å²) < 4.78 is 45.2. The summed E-state index contributed by atoms with van der Waals surface area (Å²) in [5.74, 6) is 0.00779. The minimum atomic E-state index is -4.26. The summed E-state index contributed by atoms with van der Waals surface area (Å²) in [5.41, 5.74) is 7.75. The van der Waals surface area contributed by atoms with Crippen LogP contribution in [0.3, 0.4) is 0 Å². The highest BCUT2D eigenvalue weighted by molar-refractivity contribution is 6.46. The Labute approximate surface area is 177 Å². The molecule has 2 aromatic rings. The number of aliphatic imine (C=N–C) groups is 1. The highest BCUT2D eigenvalue weighted by atomic mass is 19.4. The van der Waals surface area contributed by atoms with Gasteiger partial charge in [0, 0.05) is 50.7 Å². The van der Waals surface area contributed by atoms with Crippen molar-refractivity contribution in [3.8, 4) is 5.75 Å². The van der Waals surface area contributed by atoms with E-state index in [0.29, 0.717) is 23.4 Å². The molecule has 31 heavy (non-hydrogen) atoms. The molecule has 0 radical (unpaired) electrons. The Morgan fingerprint density at radius 1 is 1.39 bits per heavy atom. The van der Waals surface area contributed by atoms with Crippen molar-refractivity contribution in [1.82, 2.24) is 20.0 Å². The fourth-order valence-electron chi connectivity index (χ4n) is 3.48. The van der Waals surface area contributed by atoms with E-state index < -0.39 is 24.7 Å². The molecule has 0 saturated carbocycles. The first-order valence-corrected chi connectivity index (χ1v) is 9.72. The normalized spacial score (nSPS) is 17.7. The lowest BCUT2D eigenvalue weighted by molar-refractivity contribution is -0.143. The molecule has 1 fully saturated rings. The Morgan fingerprint density at radius 3 is 2.81 bits per heavy atom. The fraction of sp³-hybridized carbons (Fsp3) is 0.450. The number of nitrogen functional groups attached to an aromatic ring is 1. The summed E-state index contributed by atoms with van der Waals surface area (Å²) in [6, 6.07) is 6.36. The number of nitrogens with two attached hydrogens (primary N) is 1. The summed E-state index contributed by atoms with van der Waals surface area (Å²) in [7, 11) is 3.26. The highest BCUT2D eigenvalue weighted by Gasteiger charge is 2.35. The third-order valence-electron chi connectivity index (χ3n) is 5.04. The van der Waals surface area contributed by atoms with Crippen molar-refractivity contribution in [3.05, 3.63) is 41.7 Å². The zero-order valence-corrected chi connectivity index (χ0v) is 17.3. The minimum Gasteiger partial charge on any atom is -0.487 e. The van der Waals surface area contributed by atoms with Crippen LogP contribution in [-0.2, 0) is 18.4 Å². The topological polar surface area (TPSA) is 97.8 Å². The lowest BCUT2D eigenvalue weighted by Gasteiger charge is -2.19. The number of likely N-dealkylation sites (tertiary alicyclic amines) is 1. The average Bonchev–Trinajstić information content (AvgIpc) is 3.29. The van der Waals surface area contributed by atoms with Crippen molar-refractivity contribution >= 4 is 17.3 Å². The van der Waals surface area contributed by atoms with Crippen LogP contribution in [0.2, 0.25) is 0 Å². The van der Waals surface area contributed by atoms with Crippen molar-refractivity contribution in [2.24, 2.45) is 12.0 Å². The summed E-state index contributed by atoms with van der Waals surface area (Å²) in [5, 5.41) is 6.84. The third-order valence-corrected chi connectivity index (χ3v) is 5.04. The van der Waals surface area contributed by atoms with Gasteiger partial charge in [-0.1, -0.05) is 0 Å². The van der Waals surface area contributed by atoms with E-state index in [9.17, 15) is 18.0 Å². The number of anilines is 1. The van der Waals surface area contributed by atoms with Crippen LogP contribution < -0.4 is 15.8 Å². The van der Waals surface area contributed by atoms with E-state index in [0.717, 1.165) is 5.69 Å². The van der Waals surface area contributed by atoms with Gasteiger partial charge < -0.3 is 15.8 Å². The zero-order valence-electron chi connectivity index (χ0n) is 17.3. The molecule has 1 saturated heterocycles. The highest BCUT2D eigenvalue weighted by Crippen LogP contribution is 2.23. The number of nitrogens with zero attached hydrogens (tertiary/aromatic N) is 4. The van der Waals surface area contributed by atoms with Crippen LogP contribution in [0.5, 0.6) is 5.75 Å². The van der Waals surface area contributed by atoms with Gasteiger partial charge in [0.25, 0.3) is 5.91 Å². The molecule has 0 bridgehead atoms. The molecule has 8 nitrogen and oxygen atoms in total. The molecule has 1 atom stereocenters. The molecule has 11 heteroatoms. The molecule has 1 aromatic heterocycles. The quantitative estimate of drug-likeness (QED) is 0.507.